The lowest BCUT2D eigenvalue weighted by Crippen LogP contribution is -2.46. The fourth-order valence-electron chi connectivity index (χ4n) is 2.95. The molecule has 1 aromatic carbocycles. The van der Waals surface area contributed by atoms with Gasteiger partial charge in [-0.1, -0.05) is 30.3 Å². The molecule has 2 aliphatic rings. The molecule has 20 heavy (non-hydrogen) atoms. The fraction of sp³-hybridized carbons (Fsp3) is 0.500. The van der Waals surface area contributed by atoms with Gasteiger partial charge in [-0.05, 0) is 24.8 Å². The van der Waals surface area contributed by atoms with Crippen LogP contribution in [-0.4, -0.2) is 29.8 Å². The Morgan fingerprint density at radius 2 is 1.90 bits per heavy atom. The average Bonchev–Trinajstić information content (AvgIpc) is 3.26. The number of carbonyl (C=O) groups is 2. The van der Waals surface area contributed by atoms with Crippen LogP contribution in [0, 0.1) is 5.92 Å². The molecule has 2 atom stereocenters. The van der Waals surface area contributed by atoms with E-state index in [1.807, 2.05) is 30.3 Å². The zero-order valence-corrected chi connectivity index (χ0v) is 11.7. The normalized spacial score (nSPS) is 26.4. The first-order valence-electron chi connectivity index (χ1n) is 7.28. The first kappa shape index (κ1) is 13.2. The zero-order valence-electron chi connectivity index (χ0n) is 11.7. The van der Waals surface area contributed by atoms with Gasteiger partial charge in [0.25, 0.3) is 0 Å². The summed E-state index contributed by atoms with van der Waals surface area (Å²) in [5.74, 6) is 0.0794. The van der Waals surface area contributed by atoms with E-state index >= 15 is 0 Å². The van der Waals surface area contributed by atoms with Gasteiger partial charge >= 0.3 is 0 Å². The van der Waals surface area contributed by atoms with Crippen molar-refractivity contribution >= 4 is 11.8 Å². The van der Waals surface area contributed by atoms with E-state index < -0.39 is 0 Å². The Hall–Kier alpha value is -1.84. The summed E-state index contributed by atoms with van der Waals surface area (Å²) in [5.41, 5.74) is 1.04. The molecule has 3 rings (SSSR count). The lowest BCUT2D eigenvalue weighted by molar-refractivity contribution is -0.141. The van der Waals surface area contributed by atoms with Crippen molar-refractivity contribution in [3.63, 3.8) is 0 Å². The number of nitrogens with one attached hydrogen (secondary N) is 1. The van der Waals surface area contributed by atoms with Gasteiger partial charge in [-0.2, -0.15) is 0 Å². The van der Waals surface area contributed by atoms with Crippen molar-refractivity contribution in [3.05, 3.63) is 35.9 Å². The molecular formula is C16H20N2O2. The molecule has 106 valence electrons. The molecule has 1 aliphatic heterocycles. The SMILES string of the molecule is CN1C(=O)CC[C@@H](C(=O)NC2CC2)[C@H]1c1ccccc1. The van der Waals surface area contributed by atoms with Crippen LogP contribution >= 0.6 is 0 Å². The maximum absolute atomic E-state index is 12.4. The van der Waals surface area contributed by atoms with Crippen molar-refractivity contribution in [1.29, 1.82) is 0 Å². The summed E-state index contributed by atoms with van der Waals surface area (Å²) in [6, 6.07) is 10.1. The van der Waals surface area contributed by atoms with E-state index in [0.29, 0.717) is 18.9 Å². The summed E-state index contributed by atoms with van der Waals surface area (Å²) in [6.07, 6.45) is 3.27. The van der Waals surface area contributed by atoms with E-state index in [-0.39, 0.29) is 23.8 Å². The molecule has 4 nitrogen and oxygen atoms in total. The van der Waals surface area contributed by atoms with Gasteiger partial charge in [-0.25, -0.2) is 0 Å². The monoisotopic (exact) mass is 272 g/mol. The van der Waals surface area contributed by atoms with Crippen LogP contribution in [0.1, 0.15) is 37.3 Å². The molecule has 1 aromatic rings. The Balaban J connectivity index is 1.85. The van der Waals surface area contributed by atoms with Crippen LogP contribution in [0.5, 0.6) is 0 Å². The van der Waals surface area contributed by atoms with E-state index in [9.17, 15) is 9.59 Å². The third-order valence-corrected chi connectivity index (χ3v) is 4.26. The Bertz CT molecular complexity index is 510. The van der Waals surface area contributed by atoms with Gasteiger partial charge in [0.2, 0.25) is 11.8 Å². The summed E-state index contributed by atoms with van der Waals surface area (Å²) in [5, 5.41) is 3.08. The molecular weight excluding hydrogens is 252 g/mol. The van der Waals surface area contributed by atoms with Crippen molar-refractivity contribution in [2.24, 2.45) is 5.92 Å². The van der Waals surface area contributed by atoms with Gasteiger partial charge in [-0.3, -0.25) is 9.59 Å². The second kappa shape index (κ2) is 5.27. The Morgan fingerprint density at radius 1 is 1.20 bits per heavy atom. The Labute approximate surface area is 119 Å². The standard InChI is InChI=1S/C16H20N2O2/c1-18-14(19)10-9-13(16(20)17-12-7-8-12)15(18)11-5-3-2-4-6-11/h2-6,12-13,15H,7-10H2,1H3,(H,17,20)/t13-,15-/m1/s1. The maximum Gasteiger partial charge on any atom is 0.225 e. The summed E-state index contributed by atoms with van der Waals surface area (Å²) in [4.78, 5) is 26.1. The first-order valence-corrected chi connectivity index (χ1v) is 7.28. The minimum atomic E-state index is -0.142. The first-order chi connectivity index (χ1) is 9.66. The smallest absolute Gasteiger partial charge is 0.225 e. The van der Waals surface area contributed by atoms with E-state index in [0.717, 1.165) is 18.4 Å². The molecule has 1 saturated carbocycles. The molecule has 0 unspecified atom stereocenters. The molecule has 1 N–H and O–H groups in total. The number of piperidine rings is 1. The number of nitrogens with zero attached hydrogens (tertiary/aromatic N) is 1. The van der Waals surface area contributed by atoms with Gasteiger partial charge in [0.15, 0.2) is 0 Å². The topological polar surface area (TPSA) is 49.4 Å². The molecule has 0 radical (unpaired) electrons. The highest BCUT2D eigenvalue weighted by Gasteiger charge is 2.40. The van der Waals surface area contributed by atoms with Gasteiger partial charge < -0.3 is 10.2 Å². The van der Waals surface area contributed by atoms with Crippen LogP contribution < -0.4 is 5.32 Å². The number of rotatable bonds is 3. The quantitative estimate of drug-likeness (QED) is 0.913. The van der Waals surface area contributed by atoms with Gasteiger partial charge in [0, 0.05) is 19.5 Å². The molecule has 0 aromatic heterocycles. The molecule has 2 fully saturated rings. The van der Waals surface area contributed by atoms with Crippen molar-refractivity contribution in [2.45, 2.75) is 37.8 Å². The summed E-state index contributed by atoms with van der Waals surface area (Å²) < 4.78 is 0. The molecule has 1 heterocycles. The highest BCUT2D eigenvalue weighted by Crippen LogP contribution is 2.36. The number of likely N-dealkylation sites (tertiary alicyclic amines) is 1. The molecule has 0 bridgehead atoms. The highest BCUT2D eigenvalue weighted by atomic mass is 16.2. The van der Waals surface area contributed by atoms with Crippen molar-refractivity contribution < 1.29 is 9.59 Å². The molecule has 2 amide bonds. The van der Waals surface area contributed by atoms with Crippen LogP contribution in [-0.2, 0) is 9.59 Å². The van der Waals surface area contributed by atoms with Gasteiger partial charge in [-0.15, -0.1) is 0 Å². The molecule has 4 heteroatoms. The second-order valence-electron chi connectivity index (χ2n) is 5.79. The largest absolute Gasteiger partial charge is 0.353 e. The Morgan fingerprint density at radius 3 is 2.55 bits per heavy atom. The minimum absolute atomic E-state index is 0.0979. The third kappa shape index (κ3) is 2.55. The number of hydrogen-bond donors (Lipinski definition) is 1. The molecule has 1 aliphatic carbocycles. The van der Waals surface area contributed by atoms with Crippen LogP contribution in [0.15, 0.2) is 30.3 Å². The maximum atomic E-state index is 12.4. The second-order valence-corrected chi connectivity index (χ2v) is 5.79. The predicted molar refractivity (Wildman–Crippen MR) is 75.8 cm³/mol. The number of hydrogen-bond acceptors (Lipinski definition) is 2. The fourth-order valence-corrected chi connectivity index (χ4v) is 2.95. The molecule has 1 saturated heterocycles. The third-order valence-electron chi connectivity index (χ3n) is 4.26. The highest BCUT2D eigenvalue weighted by molar-refractivity contribution is 5.85. The van der Waals surface area contributed by atoms with Gasteiger partial charge in [0.05, 0.1) is 12.0 Å². The number of carbonyl (C=O) groups excluding carboxylic acids is 2. The predicted octanol–water partition coefficient (Wildman–Crippen LogP) is 1.87. The molecule has 0 spiro atoms. The minimum Gasteiger partial charge on any atom is -0.353 e. The lowest BCUT2D eigenvalue weighted by Gasteiger charge is -2.38. The van der Waals surface area contributed by atoms with Crippen molar-refractivity contribution in [3.8, 4) is 0 Å². The summed E-state index contributed by atoms with van der Waals surface area (Å²) in [7, 11) is 1.80. The summed E-state index contributed by atoms with van der Waals surface area (Å²) >= 11 is 0. The number of benzene rings is 1. The Kier molecular flexibility index (Phi) is 3.47. The van der Waals surface area contributed by atoms with Crippen LogP contribution in [0.25, 0.3) is 0 Å². The van der Waals surface area contributed by atoms with E-state index in [1.54, 1.807) is 11.9 Å². The van der Waals surface area contributed by atoms with Crippen LogP contribution in [0.3, 0.4) is 0 Å². The van der Waals surface area contributed by atoms with Crippen molar-refractivity contribution in [2.75, 3.05) is 7.05 Å². The van der Waals surface area contributed by atoms with E-state index in [1.165, 1.54) is 0 Å². The zero-order chi connectivity index (χ0) is 14.1. The summed E-state index contributed by atoms with van der Waals surface area (Å²) in [6.45, 7) is 0. The van der Waals surface area contributed by atoms with Crippen molar-refractivity contribution in [1.82, 2.24) is 10.2 Å². The van der Waals surface area contributed by atoms with E-state index in [2.05, 4.69) is 5.32 Å². The van der Waals surface area contributed by atoms with E-state index in [4.69, 9.17) is 0 Å². The van der Waals surface area contributed by atoms with Crippen LogP contribution in [0.4, 0.5) is 0 Å². The lowest BCUT2D eigenvalue weighted by atomic mass is 9.84. The average molecular weight is 272 g/mol. The van der Waals surface area contributed by atoms with Gasteiger partial charge in [0.1, 0.15) is 0 Å². The number of amides is 2. The van der Waals surface area contributed by atoms with Crippen LogP contribution in [0.2, 0.25) is 0 Å².